The molecular formula is C10H18N2O3. The largest absolute Gasteiger partial charge is 0.377 e. The van der Waals surface area contributed by atoms with Gasteiger partial charge in [0.15, 0.2) is 0 Å². The second kappa shape index (κ2) is 5.11. The molecule has 2 amide bonds. The first-order valence-electron chi connectivity index (χ1n) is 5.17. The Morgan fingerprint density at radius 2 is 2.13 bits per heavy atom. The van der Waals surface area contributed by atoms with Crippen LogP contribution in [0.3, 0.4) is 0 Å². The van der Waals surface area contributed by atoms with E-state index in [4.69, 9.17) is 4.74 Å². The number of carbonyl (C=O) groups excluding carboxylic acids is 2. The minimum atomic E-state index is -0.473. The van der Waals surface area contributed by atoms with Gasteiger partial charge in [-0.15, -0.1) is 0 Å². The average Bonchev–Trinajstić information content (AvgIpc) is 2.16. The molecule has 1 aliphatic heterocycles. The number of ether oxygens (including phenoxy) is 1. The van der Waals surface area contributed by atoms with Crippen molar-refractivity contribution >= 4 is 11.8 Å². The van der Waals surface area contributed by atoms with Crippen molar-refractivity contribution in [1.82, 2.24) is 10.2 Å². The van der Waals surface area contributed by atoms with Crippen molar-refractivity contribution in [1.29, 1.82) is 0 Å². The van der Waals surface area contributed by atoms with Crippen molar-refractivity contribution in [2.45, 2.75) is 32.9 Å². The first-order chi connectivity index (χ1) is 7.02. The van der Waals surface area contributed by atoms with Crippen LogP contribution in [0.1, 0.15) is 20.8 Å². The summed E-state index contributed by atoms with van der Waals surface area (Å²) in [5.41, 5.74) is 0. The first-order valence-corrected chi connectivity index (χ1v) is 5.17. The highest BCUT2D eigenvalue weighted by atomic mass is 16.5. The van der Waals surface area contributed by atoms with Crippen LogP contribution in [0.25, 0.3) is 0 Å². The second-order valence-corrected chi connectivity index (χ2v) is 3.97. The summed E-state index contributed by atoms with van der Waals surface area (Å²) in [6, 6.07) is -0.396. The molecule has 0 aliphatic carbocycles. The van der Waals surface area contributed by atoms with Crippen molar-refractivity contribution < 1.29 is 14.3 Å². The molecule has 1 heterocycles. The van der Waals surface area contributed by atoms with Crippen LogP contribution in [0.15, 0.2) is 0 Å². The molecule has 1 saturated heterocycles. The summed E-state index contributed by atoms with van der Waals surface area (Å²) in [7, 11) is 0. The number of amides is 2. The Hall–Kier alpha value is -1.10. The van der Waals surface area contributed by atoms with Gasteiger partial charge < -0.3 is 15.0 Å². The lowest BCUT2D eigenvalue weighted by atomic mass is 10.2. The van der Waals surface area contributed by atoms with Crippen LogP contribution in [0.2, 0.25) is 0 Å². The smallest absolute Gasteiger partial charge is 0.245 e. The lowest BCUT2D eigenvalue weighted by Crippen LogP contribution is -2.56. The van der Waals surface area contributed by atoms with Crippen LogP contribution in [0.5, 0.6) is 0 Å². The molecule has 86 valence electrons. The predicted octanol–water partition coefficient (Wildman–Crippen LogP) is -0.242. The van der Waals surface area contributed by atoms with Crippen LogP contribution in [-0.4, -0.2) is 48.6 Å². The van der Waals surface area contributed by atoms with E-state index in [2.05, 4.69) is 5.32 Å². The molecule has 0 aromatic heterocycles. The Bertz CT molecular complexity index is 253. The van der Waals surface area contributed by atoms with Crippen molar-refractivity contribution in [2.24, 2.45) is 0 Å². The van der Waals surface area contributed by atoms with E-state index < -0.39 is 6.04 Å². The highest BCUT2D eigenvalue weighted by molar-refractivity contribution is 5.87. The van der Waals surface area contributed by atoms with Gasteiger partial charge in [0, 0.05) is 19.5 Å². The summed E-state index contributed by atoms with van der Waals surface area (Å²) in [4.78, 5) is 24.6. The molecule has 0 aromatic carbocycles. The summed E-state index contributed by atoms with van der Waals surface area (Å²) < 4.78 is 5.21. The molecule has 1 atom stereocenters. The third-order valence-corrected chi connectivity index (χ3v) is 2.27. The number of hydrogen-bond donors (Lipinski definition) is 1. The predicted molar refractivity (Wildman–Crippen MR) is 55.3 cm³/mol. The van der Waals surface area contributed by atoms with Crippen LogP contribution in [0, 0.1) is 0 Å². The Balaban J connectivity index is 2.63. The van der Waals surface area contributed by atoms with E-state index in [1.807, 2.05) is 13.8 Å². The molecule has 1 unspecified atom stereocenters. The van der Waals surface area contributed by atoms with Gasteiger partial charge in [0.2, 0.25) is 11.8 Å². The quantitative estimate of drug-likeness (QED) is 0.690. The van der Waals surface area contributed by atoms with E-state index in [1.165, 1.54) is 6.92 Å². The fraction of sp³-hybridized carbons (Fsp3) is 0.800. The molecule has 15 heavy (non-hydrogen) atoms. The molecule has 5 heteroatoms. The molecule has 1 rings (SSSR count). The number of carbonyl (C=O) groups is 2. The van der Waals surface area contributed by atoms with Gasteiger partial charge in [0.1, 0.15) is 6.04 Å². The van der Waals surface area contributed by atoms with Gasteiger partial charge in [0.25, 0.3) is 0 Å². The Morgan fingerprint density at radius 3 is 2.67 bits per heavy atom. The fourth-order valence-electron chi connectivity index (χ4n) is 1.58. The molecule has 0 spiro atoms. The van der Waals surface area contributed by atoms with Crippen LogP contribution in [0.4, 0.5) is 0 Å². The lowest BCUT2D eigenvalue weighted by molar-refractivity contribution is -0.147. The topological polar surface area (TPSA) is 58.6 Å². The maximum atomic E-state index is 11.7. The Labute approximate surface area is 89.8 Å². The van der Waals surface area contributed by atoms with Crippen molar-refractivity contribution in [3.8, 4) is 0 Å². The van der Waals surface area contributed by atoms with E-state index in [0.717, 1.165) is 0 Å². The van der Waals surface area contributed by atoms with E-state index in [9.17, 15) is 9.59 Å². The van der Waals surface area contributed by atoms with Gasteiger partial charge in [-0.3, -0.25) is 9.59 Å². The molecule has 0 aromatic rings. The van der Waals surface area contributed by atoms with Crippen molar-refractivity contribution in [2.75, 3.05) is 19.8 Å². The SMILES string of the molecule is CC(=O)N1CCOCC1C(=O)NC(C)C. The summed E-state index contributed by atoms with van der Waals surface area (Å²) in [6.07, 6.45) is 0. The molecular weight excluding hydrogens is 196 g/mol. The second-order valence-electron chi connectivity index (χ2n) is 3.97. The van der Waals surface area contributed by atoms with Gasteiger partial charge in [-0.2, -0.15) is 0 Å². The zero-order valence-corrected chi connectivity index (χ0v) is 9.45. The van der Waals surface area contributed by atoms with Crippen LogP contribution in [-0.2, 0) is 14.3 Å². The maximum Gasteiger partial charge on any atom is 0.245 e. The standard InChI is InChI=1S/C10H18N2O3/c1-7(2)11-10(14)9-6-15-5-4-12(9)8(3)13/h7,9H,4-6H2,1-3H3,(H,11,14). The summed E-state index contributed by atoms with van der Waals surface area (Å²) in [5, 5.41) is 2.78. The minimum Gasteiger partial charge on any atom is -0.377 e. The first kappa shape index (κ1) is 12.0. The lowest BCUT2D eigenvalue weighted by Gasteiger charge is -2.34. The zero-order chi connectivity index (χ0) is 11.4. The van der Waals surface area contributed by atoms with Gasteiger partial charge in [-0.05, 0) is 13.8 Å². The Kier molecular flexibility index (Phi) is 4.08. The number of hydrogen-bond acceptors (Lipinski definition) is 3. The van der Waals surface area contributed by atoms with E-state index >= 15 is 0 Å². The third kappa shape index (κ3) is 3.20. The molecule has 1 aliphatic rings. The molecule has 1 N–H and O–H groups in total. The normalized spacial score (nSPS) is 21.6. The van der Waals surface area contributed by atoms with Gasteiger partial charge in [-0.1, -0.05) is 0 Å². The molecule has 5 nitrogen and oxygen atoms in total. The Morgan fingerprint density at radius 1 is 1.47 bits per heavy atom. The molecule has 1 fully saturated rings. The van der Waals surface area contributed by atoms with Crippen LogP contribution >= 0.6 is 0 Å². The van der Waals surface area contributed by atoms with Gasteiger partial charge >= 0.3 is 0 Å². The summed E-state index contributed by atoms with van der Waals surface area (Å²) >= 11 is 0. The number of nitrogens with zero attached hydrogens (tertiary/aromatic N) is 1. The molecule has 0 bridgehead atoms. The number of rotatable bonds is 2. The van der Waals surface area contributed by atoms with E-state index in [0.29, 0.717) is 13.2 Å². The monoisotopic (exact) mass is 214 g/mol. The summed E-state index contributed by atoms with van der Waals surface area (Å²) in [5.74, 6) is -0.220. The van der Waals surface area contributed by atoms with Gasteiger partial charge in [0.05, 0.1) is 13.2 Å². The van der Waals surface area contributed by atoms with E-state index in [-0.39, 0.29) is 24.5 Å². The van der Waals surface area contributed by atoms with Crippen LogP contribution < -0.4 is 5.32 Å². The fourth-order valence-corrected chi connectivity index (χ4v) is 1.58. The minimum absolute atomic E-state index is 0.0771. The highest BCUT2D eigenvalue weighted by Gasteiger charge is 2.31. The van der Waals surface area contributed by atoms with E-state index in [1.54, 1.807) is 4.90 Å². The number of morpholine rings is 1. The summed E-state index contributed by atoms with van der Waals surface area (Å²) in [6.45, 7) is 6.54. The third-order valence-electron chi connectivity index (χ3n) is 2.27. The zero-order valence-electron chi connectivity index (χ0n) is 9.45. The number of nitrogens with one attached hydrogen (secondary N) is 1. The molecule has 0 radical (unpaired) electrons. The van der Waals surface area contributed by atoms with Gasteiger partial charge in [-0.25, -0.2) is 0 Å². The molecule has 0 saturated carbocycles. The average molecular weight is 214 g/mol. The van der Waals surface area contributed by atoms with Crippen molar-refractivity contribution in [3.63, 3.8) is 0 Å². The maximum absolute atomic E-state index is 11.7. The van der Waals surface area contributed by atoms with Crippen molar-refractivity contribution in [3.05, 3.63) is 0 Å². The highest BCUT2D eigenvalue weighted by Crippen LogP contribution is 2.07.